The highest BCUT2D eigenvalue weighted by molar-refractivity contribution is 5.76. The topological polar surface area (TPSA) is 50.6 Å². The number of carbonyl (C=O) groups excluding carboxylic acids is 1. The molecule has 104 valence electrons. The first-order valence-corrected chi connectivity index (χ1v) is 6.80. The fraction of sp³-hybridized carbons (Fsp3) is 0.692. The number of morpholine rings is 1. The van der Waals surface area contributed by atoms with Gasteiger partial charge in [0.15, 0.2) is 0 Å². The molecule has 1 aromatic rings. The van der Waals surface area contributed by atoms with Crippen LogP contribution in [0.5, 0.6) is 0 Å². The SMILES string of the molecule is CN1Cc2ccnn2[C@H](CC(=O)N2CCOCC2)C1. The number of aromatic nitrogens is 2. The van der Waals surface area contributed by atoms with Crippen molar-refractivity contribution < 1.29 is 9.53 Å². The van der Waals surface area contributed by atoms with E-state index < -0.39 is 0 Å². The molecule has 1 amide bonds. The van der Waals surface area contributed by atoms with Gasteiger partial charge in [0.25, 0.3) is 0 Å². The molecule has 0 spiro atoms. The molecule has 1 saturated heterocycles. The third-order valence-corrected chi connectivity index (χ3v) is 3.83. The van der Waals surface area contributed by atoms with Gasteiger partial charge in [-0.15, -0.1) is 0 Å². The molecule has 0 unspecified atom stereocenters. The van der Waals surface area contributed by atoms with Gasteiger partial charge in [-0.1, -0.05) is 0 Å². The lowest BCUT2D eigenvalue weighted by Gasteiger charge is -2.33. The number of fused-ring (bicyclic) bond motifs is 1. The molecular weight excluding hydrogens is 244 g/mol. The maximum atomic E-state index is 12.3. The van der Waals surface area contributed by atoms with Crippen molar-refractivity contribution >= 4 is 5.91 Å². The lowest BCUT2D eigenvalue weighted by Crippen LogP contribution is -2.43. The number of rotatable bonds is 2. The molecule has 0 aliphatic carbocycles. The second kappa shape index (κ2) is 5.30. The molecule has 1 fully saturated rings. The van der Waals surface area contributed by atoms with Gasteiger partial charge in [-0.2, -0.15) is 5.10 Å². The Kier molecular flexibility index (Phi) is 3.52. The Morgan fingerprint density at radius 3 is 3.05 bits per heavy atom. The standard InChI is InChI=1S/C13H20N4O2/c1-15-9-11-2-3-14-17(11)12(10-15)8-13(18)16-4-6-19-7-5-16/h2-3,12H,4-10H2,1H3/t12-/m1/s1. The lowest BCUT2D eigenvalue weighted by molar-refractivity contribution is -0.136. The molecular formula is C13H20N4O2. The minimum Gasteiger partial charge on any atom is -0.378 e. The largest absolute Gasteiger partial charge is 0.378 e. The zero-order chi connectivity index (χ0) is 13.2. The predicted molar refractivity (Wildman–Crippen MR) is 69.6 cm³/mol. The van der Waals surface area contributed by atoms with E-state index in [1.54, 1.807) is 0 Å². The lowest BCUT2D eigenvalue weighted by atomic mass is 10.1. The average Bonchev–Trinajstić information content (AvgIpc) is 2.88. The molecule has 0 N–H and O–H groups in total. The van der Waals surface area contributed by atoms with E-state index in [9.17, 15) is 4.79 Å². The second-order valence-corrected chi connectivity index (χ2v) is 5.31. The van der Waals surface area contributed by atoms with Crippen molar-refractivity contribution in [2.24, 2.45) is 0 Å². The van der Waals surface area contributed by atoms with E-state index in [-0.39, 0.29) is 11.9 Å². The van der Waals surface area contributed by atoms with Crippen molar-refractivity contribution in [3.05, 3.63) is 18.0 Å². The molecule has 0 radical (unpaired) electrons. The molecule has 0 aromatic carbocycles. The highest BCUT2D eigenvalue weighted by Crippen LogP contribution is 2.22. The van der Waals surface area contributed by atoms with Crippen LogP contribution in [0.15, 0.2) is 12.3 Å². The van der Waals surface area contributed by atoms with Crippen molar-refractivity contribution in [2.45, 2.75) is 19.0 Å². The number of hydrogen-bond acceptors (Lipinski definition) is 4. The summed E-state index contributed by atoms with van der Waals surface area (Å²) in [4.78, 5) is 16.5. The van der Waals surface area contributed by atoms with Gasteiger partial charge in [-0.05, 0) is 13.1 Å². The molecule has 1 aromatic heterocycles. The molecule has 0 bridgehead atoms. The van der Waals surface area contributed by atoms with Gasteiger partial charge in [0.1, 0.15) is 0 Å². The van der Waals surface area contributed by atoms with E-state index in [1.807, 2.05) is 21.8 Å². The monoisotopic (exact) mass is 264 g/mol. The molecule has 2 aliphatic heterocycles. The van der Waals surface area contributed by atoms with Crippen LogP contribution in [-0.2, 0) is 16.1 Å². The number of likely N-dealkylation sites (N-methyl/N-ethyl adjacent to an activating group) is 1. The smallest absolute Gasteiger partial charge is 0.224 e. The van der Waals surface area contributed by atoms with E-state index in [0.29, 0.717) is 32.7 Å². The summed E-state index contributed by atoms with van der Waals surface area (Å²) in [5.41, 5.74) is 1.19. The molecule has 1 atom stereocenters. The Balaban J connectivity index is 1.68. The van der Waals surface area contributed by atoms with Gasteiger partial charge < -0.3 is 9.64 Å². The van der Waals surface area contributed by atoms with Gasteiger partial charge in [-0.3, -0.25) is 14.4 Å². The van der Waals surface area contributed by atoms with Crippen LogP contribution >= 0.6 is 0 Å². The van der Waals surface area contributed by atoms with Crippen LogP contribution in [0, 0.1) is 0 Å². The Morgan fingerprint density at radius 2 is 2.26 bits per heavy atom. The van der Waals surface area contributed by atoms with Crippen molar-refractivity contribution in [1.82, 2.24) is 19.6 Å². The third kappa shape index (κ3) is 2.64. The zero-order valence-corrected chi connectivity index (χ0v) is 11.3. The Hall–Kier alpha value is -1.40. The quantitative estimate of drug-likeness (QED) is 0.761. The van der Waals surface area contributed by atoms with Gasteiger partial charge in [0.05, 0.1) is 31.4 Å². The molecule has 3 rings (SSSR count). The van der Waals surface area contributed by atoms with Gasteiger partial charge in [0, 0.05) is 32.4 Å². The van der Waals surface area contributed by atoms with Crippen LogP contribution in [-0.4, -0.2) is 65.4 Å². The van der Waals surface area contributed by atoms with Gasteiger partial charge in [0.2, 0.25) is 5.91 Å². The second-order valence-electron chi connectivity index (χ2n) is 5.31. The molecule has 6 nitrogen and oxygen atoms in total. The first-order valence-electron chi connectivity index (χ1n) is 6.80. The van der Waals surface area contributed by atoms with Crippen molar-refractivity contribution in [1.29, 1.82) is 0 Å². The minimum atomic E-state index is 0.152. The highest BCUT2D eigenvalue weighted by atomic mass is 16.5. The first kappa shape index (κ1) is 12.6. The zero-order valence-electron chi connectivity index (χ0n) is 11.3. The van der Waals surface area contributed by atoms with E-state index in [1.165, 1.54) is 5.69 Å². The highest BCUT2D eigenvalue weighted by Gasteiger charge is 2.27. The fourth-order valence-electron chi connectivity index (χ4n) is 2.87. The van der Waals surface area contributed by atoms with Crippen LogP contribution < -0.4 is 0 Å². The van der Waals surface area contributed by atoms with Gasteiger partial charge in [-0.25, -0.2) is 0 Å². The summed E-state index contributed by atoms with van der Waals surface area (Å²) in [5.74, 6) is 0.213. The van der Waals surface area contributed by atoms with Crippen LogP contribution in [0.25, 0.3) is 0 Å². The number of amides is 1. The Morgan fingerprint density at radius 1 is 1.47 bits per heavy atom. The van der Waals surface area contributed by atoms with Crippen LogP contribution in [0.1, 0.15) is 18.2 Å². The number of carbonyl (C=O) groups is 1. The van der Waals surface area contributed by atoms with Crippen LogP contribution in [0.3, 0.4) is 0 Å². The normalized spacial score (nSPS) is 24.3. The molecule has 2 aliphatic rings. The maximum Gasteiger partial charge on any atom is 0.224 e. The Labute approximate surface area is 112 Å². The van der Waals surface area contributed by atoms with E-state index >= 15 is 0 Å². The number of ether oxygens (including phenoxy) is 1. The summed E-state index contributed by atoms with van der Waals surface area (Å²) in [6.45, 7) is 4.53. The summed E-state index contributed by atoms with van der Waals surface area (Å²) < 4.78 is 7.29. The summed E-state index contributed by atoms with van der Waals surface area (Å²) in [6.07, 6.45) is 2.35. The molecule has 19 heavy (non-hydrogen) atoms. The Bertz CT molecular complexity index is 453. The van der Waals surface area contributed by atoms with Crippen molar-refractivity contribution in [3.8, 4) is 0 Å². The molecule has 6 heteroatoms. The average molecular weight is 264 g/mol. The van der Waals surface area contributed by atoms with E-state index in [4.69, 9.17) is 4.74 Å². The minimum absolute atomic E-state index is 0.152. The predicted octanol–water partition coefficient (Wildman–Crippen LogP) is 0.119. The van der Waals surface area contributed by atoms with Crippen LogP contribution in [0.4, 0.5) is 0 Å². The van der Waals surface area contributed by atoms with Crippen molar-refractivity contribution in [3.63, 3.8) is 0 Å². The molecule has 3 heterocycles. The maximum absolute atomic E-state index is 12.3. The molecule has 0 saturated carbocycles. The summed E-state index contributed by atoms with van der Waals surface area (Å²) in [6, 6.07) is 2.18. The number of hydrogen-bond donors (Lipinski definition) is 0. The summed E-state index contributed by atoms with van der Waals surface area (Å²) >= 11 is 0. The summed E-state index contributed by atoms with van der Waals surface area (Å²) in [7, 11) is 2.09. The van der Waals surface area contributed by atoms with Crippen LogP contribution in [0.2, 0.25) is 0 Å². The van der Waals surface area contributed by atoms with Crippen molar-refractivity contribution in [2.75, 3.05) is 39.9 Å². The van der Waals surface area contributed by atoms with Gasteiger partial charge >= 0.3 is 0 Å². The summed E-state index contributed by atoms with van der Waals surface area (Å²) in [5, 5.41) is 4.37. The van der Waals surface area contributed by atoms with E-state index in [0.717, 1.165) is 13.1 Å². The number of nitrogens with zero attached hydrogens (tertiary/aromatic N) is 4. The first-order chi connectivity index (χ1) is 9.24. The van der Waals surface area contributed by atoms with E-state index in [2.05, 4.69) is 17.0 Å². The third-order valence-electron chi connectivity index (χ3n) is 3.83. The fourth-order valence-corrected chi connectivity index (χ4v) is 2.87.